The molecule has 82 valence electrons. The van der Waals surface area contributed by atoms with Crippen LogP contribution in [0.3, 0.4) is 0 Å². The first-order valence-electron chi connectivity index (χ1n) is 5.26. The Morgan fingerprint density at radius 2 is 2.00 bits per heavy atom. The SMILES string of the molecule is CC(C)C(C)NC(=O)NCC1(N)CC1. The van der Waals surface area contributed by atoms with Crippen molar-refractivity contribution in [2.75, 3.05) is 6.54 Å². The molecule has 1 rings (SSSR count). The summed E-state index contributed by atoms with van der Waals surface area (Å²) in [5, 5.41) is 5.67. The van der Waals surface area contributed by atoms with E-state index in [1.54, 1.807) is 0 Å². The van der Waals surface area contributed by atoms with Gasteiger partial charge in [-0.05, 0) is 25.7 Å². The van der Waals surface area contributed by atoms with Crippen molar-refractivity contribution < 1.29 is 4.79 Å². The molecule has 4 nitrogen and oxygen atoms in total. The standard InChI is InChI=1S/C10H21N3O/c1-7(2)8(3)13-9(14)12-6-10(11)4-5-10/h7-8H,4-6,11H2,1-3H3,(H2,12,13,14). The number of carbonyl (C=O) groups is 1. The maximum Gasteiger partial charge on any atom is 0.315 e. The van der Waals surface area contributed by atoms with Crippen LogP contribution in [-0.4, -0.2) is 24.2 Å². The normalized spacial score (nSPS) is 20.4. The van der Waals surface area contributed by atoms with E-state index in [0.717, 1.165) is 12.8 Å². The molecule has 0 aromatic carbocycles. The van der Waals surface area contributed by atoms with Crippen molar-refractivity contribution in [3.63, 3.8) is 0 Å². The first-order chi connectivity index (χ1) is 6.43. The molecule has 1 fully saturated rings. The molecule has 1 unspecified atom stereocenters. The van der Waals surface area contributed by atoms with E-state index in [1.807, 2.05) is 6.92 Å². The third-order valence-corrected chi connectivity index (χ3v) is 2.85. The van der Waals surface area contributed by atoms with Crippen LogP contribution in [0.1, 0.15) is 33.6 Å². The van der Waals surface area contributed by atoms with Gasteiger partial charge in [-0.15, -0.1) is 0 Å². The molecule has 4 N–H and O–H groups in total. The Balaban J connectivity index is 2.15. The van der Waals surface area contributed by atoms with Crippen LogP contribution < -0.4 is 16.4 Å². The van der Waals surface area contributed by atoms with Crippen LogP contribution in [0.25, 0.3) is 0 Å². The van der Waals surface area contributed by atoms with Gasteiger partial charge in [0.1, 0.15) is 0 Å². The van der Waals surface area contributed by atoms with Gasteiger partial charge in [0.25, 0.3) is 0 Å². The summed E-state index contributed by atoms with van der Waals surface area (Å²) in [6.45, 7) is 6.75. The minimum Gasteiger partial charge on any atom is -0.336 e. The highest BCUT2D eigenvalue weighted by Crippen LogP contribution is 2.30. The molecule has 0 aromatic heterocycles. The van der Waals surface area contributed by atoms with Crippen molar-refractivity contribution in [2.45, 2.75) is 45.2 Å². The Morgan fingerprint density at radius 1 is 1.43 bits per heavy atom. The van der Waals surface area contributed by atoms with E-state index < -0.39 is 0 Å². The molecule has 2 amide bonds. The van der Waals surface area contributed by atoms with E-state index in [4.69, 9.17) is 5.73 Å². The highest BCUT2D eigenvalue weighted by Gasteiger charge is 2.38. The number of carbonyl (C=O) groups excluding carboxylic acids is 1. The number of hydrogen-bond acceptors (Lipinski definition) is 2. The Labute approximate surface area is 85.6 Å². The predicted octanol–water partition coefficient (Wildman–Crippen LogP) is 0.821. The number of nitrogens with two attached hydrogens (primary N) is 1. The fourth-order valence-electron chi connectivity index (χ4n) is 1.02. The number of urea groups is 1. The summed E-state index contributed by atoms with van der Waals surface area (Å²) in [4.78, 5) is 11.4. The van der Waals surface area contributed by atoms with Crippen LogP contribution in [-0.2, 0) is 0 Å². The molecule has 14 heavy (non-hydrogen) atoms. The van der Waals surface area contributed by atoms with Crippen molar-refractivity contribution in [3.8, 4) is 0 Å². The monoisotopic (exact) mass is 199 g/mol. The van der Waals surface area contributed by atoms with Gasteiger partial charge in [0.05, 0.1) is 0 Å². The number of hydrogen-bond donors (Lipinski definition) is 3. The topological polar surface area (TPSA) is 67.2 Å². The van der Waals surface area contributed by atoms with Crippen LogP contribution in [0, 0.1) is 5.92 Å². The van der Waals surface area contributed by atoms with Crippen LogP contribution in [0.15, 0.2) is 0 Å². The van der Waals surface area contributed by atoms with Gasteiger partial charge in [0, 0.05) is 18.1 Å². The van der Waals surface area contributed by atoms with E-state index in [9.17, 15) is 4.79 Å². The number of rotatable bonds is 4. The average Bonchev–Trinajstić information content (AvgIpc) is 2.81. The number of nitrogens with one attached hydrogen (secondary N) is 2. The van der Waals surface area contributed by atoms with Crippen LogP contribution >= 0.6 is 0 Å². The summed E-state index contributed by atoms with van der Waals surface area (Å²) >= 11 is 0. The van der Waals surface area contributed by atoms with E-state index in [-0.39, 0.29) is 17.6 Å². The van der Waals surface area contributed by atoms with Gasteiger partial charge >= 0.3 is 6.03 Å². The fraction of sp³-hybridized carbons (Fsp3) is 0.900. The van der Waals surface area contributed by atoms with Gasteiger partial charge in [-0.25, -0.2) is 4.79 Å². The zero-order valence-electron chi connectivity index (χ0n) is 9.26. The molecular formula is C10H21N3O. The molecular weight excluding hydrogens is 178 g/mol. The minimum absolute atomic E-state index is 0.108. The van der Waals surface area contributed by atoms with Crippen LogP contribution in [0.2, 0.25) is 0 Å². The Hall–Kier alpha value is -0.770. The fourth-order valence-corrected chi connectivity index (χ4v) is 1.02. The van der Waals surface area contributed by atoms with Crippen LogP contribution in [0.5, 0.6) is 0 Å². The molecule has 1 aliphatic rings. The lowest BCUT2D eigenvalue weighted by Crippen LogP contribution is -2.47. The van der Waals surface area contributed by atoms with Gasteiger partial charge in [-0.3, -0.25) is 0 Å². The zero-order valence-corrected chi connectivity index (χ0v) is 9.26. The lowest BCUT2D eigenvalue weighted by atomic mass is 10.1. The first kappa shape index (κ1) is 11.3. The Kier molecular flexibility index (Phi) is 3.37. The van der Waals surface area contributed by atoms with Gasteiger partial charge in [0.2, 0.25) is 0 Å². The van der Waals surface area contributed by atoms with Gasteiger partial charge in [-0.1, -0.05) is 13.8 Å². The second kappa shape index (κ2) is 4.17. The van der Waals surface area contributed by atoms with E-state index in [0.29, 0.717) is 12.5 Å². The maximum absolute atomic E-state index is 11.4. The number of amides is 2. The highest BCUT2D eigenvalue weighted by atomic mass is 16.2. The van der Waals surface area contributed by atoms with Gasteiger partial charge < -0.3 is 16.4 Å². The quantitative estimate of drug-likeness (QED) is 0.627. The molecule has 0 bridgehead atoms. The van der Waals surface area contributed by atoms with Crippen molar-refractivity contribution in [1.82, 2.24) is 10.6 Å². The first-order valence-corrected chi connectivity index (χ1v) is 5.26. The highest BCUT2D eigenvalue weighted by molar-refractivity contribution is 5.74. The van der Waals surface area contributed by atoms with Crippen molar-refractivity contribution in [1.29, 1.82) is 0 Å². The molecule has 1 aliphatic carbocycles. The molecule has 0 aliphatic heterocycles. The third-order valence-electron chi connectivity index (χ3n) is 2.85. The van der Waals surface area contributed by atoms with Crippen molar-refractivity contribution >= 4 is 6.03 Å². The summed E-state index contributed by atoms with van der Waals surface area (Å²) in [7, 11) is 0. The lowest BCUT2D eigenvalue weighted by Gasteiger charge is -2.18. The van der Waals surface area contributed by atoms with Gasteiger partial charge in [0.15, 0.2) is 0 Å². The Bertz CT molecular complexity index is 211. The second-order valence-electron chi connectivity index (χ2n) is 4.72. The summed E-state index contributed by atoms with van der Waals surface area (Å²) in [5.74, 6) is 0.452. The lowest BCUT2D eigenvalue weighted by molar-refractivity contribution is 0.233. The minimum atomic E-state index is -0.113. The predicted molar refractivity (Wildman–Crippen MR) is 57.0 cm³/mol. The summed E-state index contributed by atoms with van der Waals surface area (Å²) < 4.78 is 0. The molecule has 0 saturated heterocycles. The molecule has 0 radical (unpaired) electrons. The molecule has 1 atom stereocenters. The smallest absolute Gasteiger partial charge is 0.315 e. The molecule has 0 heterocycles. The molecule has 0 aromatic rings. The summed E-state index contributed by atoms with van der Waals surface area (Å²) in [5.41, 5.74) is 5.73. The van der Waals surface area contributed by atoms with Crippen molar-refractivity contribution in [3.05, 3.63) is 0 Å². The maximum atomic E-state index is 11.4. The van der Waals surface area contributed by atoms with Gasteiger partial charge in [-0.2, -0.15) is 0 Å². The van der Waals surface area contributed by atoms with E-state index >= 15 is 0 Å². The summed E-state index contributed by atoms with van der Waals surface area (Å²) in [6, 6.07) is 0.0888. The molecule has 0 spiro atoms. The van der Waals surface area contributed by atoms with E-state index in [1.165, 1.54) is 0 Å². The third kappa shape index (κ3) is 3.54. The zero-order chi connectivity index (χ0) is 10.8. The van der Waals surface area contributed by atoms with E-state index in [2.05, 4.69) is 24.5 Å². The largest absolute Gasteiger partial charge is 0.336 e. The second-order valence-corrected chi connectivity index (χ2v) is 4.72. The molecule has 4 heteroatoms. The Morgan fingerprint density at radius 3 is 2.43 bits per heavy atom. The summed E-state index contributed by atoms with van der Waals surface area (Å²) in [6.07, 6.45) is 2.04. The van der Waals surface area contributed by atoms with Crippen molar-refractivity contribution in [2.24, 2.45) is 11.7 Å². The van der Waals surface area contributed by atoms with Crippen LogP contribution in [0.4, 0.5) is 4.79 Å². The average molecular weight is 199 g/mol. The molecule has 1 saturated carbocycles.